The molecule has 0 radical (unpaired) electrons. The third-order valence-corrected chi connectivity index (χ3v) is 2.23. The van der Waals surface area contributed by atoms with Crippen LogP contribution in [0.1, 0.15) is 19.4 Å². The van der Waals surface area contributed by atoms with Gasteiger partial charge >= 0.3 is 0 Å². The van der Waals surface area contributed by atoms with Gasteiger partial charge in [0.15, 0.2) is 0 Å². The van der Waals surface area contributed by atoms with Crippen LogP contribution in [0, 0.1) is 5.82 Å². The van der Waals surface area contributed by atoms with Crippen molar-refractivity contribution in [3.05, 3.63) is 35.6 Å². The normalized spacial score (nSPS) is 11.7. The van der Waals surface area contributed by atoms with E-state index in [2.05, 4.69) is 5.32 Å². The average Bonchev–Trinajstić information content (AvgIpc) is 2.17. The fourth-order valence-electron chi connectivity index (χ4n) is 1.05. The van der Waals surface area contributed by atoms with Gasteiger partial charge in [-0.3, -0.25) is 0 Å². The second-order valence-corrected chi connectivity index (χ2v) is 4.03. The number of rotatable bonds is 4. The molecule has 3 N–H and O–H groups in total. The third-order valence-electron chi connectivity index (χ3n) is 2.23. The predicted molar refractivity (Wildman–Crippen MR) is 56.4 cm³/mol. The first kappa shape index (κ1) is 11.1. The van der Waals surface area contributed by atoms with Crippen molar-refractivity contribution in [2.75, 3.05) is 6.54 Å². The first-order valence-electron chi connectivity index (χ1n) is 4.74. The Hall–Kier alpha value is -0.930. The second kappa shape index (κ2) is 4.53. The van der Waals surface area contributed by atoms with Crippen molar-refractivity contribution >= 4 is 0 Å². The Morgan fingerprint density at radius 3 is 2.57 bits per heavy atom. The predicted octanol–water partition coefficient (Wildman–Crippen LogP) is 1.65. The van der Waals surface area contributed by atoms with Crippen LogP contribution in [0.25, 0.3) is 0 Å². The van der Waals surface area contributed by atoms with Gasteiger partial charge in [-0.15, -0.1) is 0 Å². The molecule has 0 bridgehead atoms. The summed E-state index contributed by atoms with van der Waals surface area (Å²) in [5.74, 6) is -0.173. The molecule has 0 saturated heterocycles. The van der Waals surface area contributed by atoms with E-state index < -0.39 is 0 Å². The van der Waals surface area contributed by atoms with Crippen molar-refractivity contribution in [2.24, 2.45) is 5.73 Å². The Labute approximate surface area is 84.3 Å². The number of nitrogens with one attached hydrogen (secondary N) is 1. The van der Waals surface area contributed by atoms with Gasteiger partial charge in [0, 0.05) is 24.2 Å². The summed E-state index contributed by atoms with van der Waals surface area (Å²) in [6.45, 7) is 5.03. The van der Waals surface area contributed by atoms with Crippen LogP contribution in [-0.2, 0) is 6.54 Å². The van der Waals surface area contributed by atoms with Crippen LogP contribution in [0.15, 0.2) is 24.3 Å². The van der Waals surface area contributed by atoms with E-state index in [0.29, 0.717) is 18.7 Å². The lowest BCUT2D eigenvalue weighted by Gasteiger charge is -2.24. The van der Waals surface area contributed by atoms with Crippen LogP contribution >= 0.6 is 0 Å². The van der Waals surface area contributed by atoms with Gasteiger partial charge in [-0.25, -0.2) is 4.39 Å². The van der Waals surface area contributed by atoms with Gasteiger partial charge < -0.3 is 11.1 Å². The van der Waals surface area contributed by atoms with Gasteiger partial charge in [-0.2, -0.15) is 0 Å². The molecule has 78 valence electrons. The fraction of sp³-hybridized carbons (Fsp3) is 0.455. The van der Waals surface area contributed by atoms with E-state index in [9.17, 15) is 4.39 Å². The van der Waals surface area contributed by atoms with Crippen LogP contribution < -0.4 is 11.1 Å². The zero-order chi connectivity index (χ0) is 10.6. The highest BCUT2D eigenvalue weighted by Crippen LogP contribution is 2.08. The summed E-state index contributed by atoms with van der Waals surface area (Å²) in [7, 11) is 0. The van der Waals surface area contributed by atoms with Crippen LogP contribution in [0.5, 0.6) is 0 Å². The van der Waals surface area contributed by atoms with E-state index in [0.717, 1.165) is 0 Å². The van der Waals surface area contributed by atoms with Crippen molar-refractivity contribution in [1.29, 1.82) is 0 Å². The zero-order valence-electron chi connectivity index (χ0n) is 8.68. The van der Waals surface area contributed by atoms with Gasteiger partial charge in [0.2, 0.25) is 0 Å². The van der Waals surface area contributed by atoms with E-state index in [1.54, 1.807) is 12.1 Å². The summed E-state index contributed by atoms with van der Waals surface area (Å²) in [6, 6.07) is 6.75. The summed E-state index contributed by atoms with van der Waals surface area (Å²) in [4.78, 5) is 0. The van der Waals surface area contributed by atoms with Gasteiger partial charge in [-0.1, -0.05) is 18.2 Å². The third kappa shape index (κ3) is 3.09. The molecule has 3 heteroatoms. The molecule has 0 aliphatic carbocycles. The minimum Gasteiger partial charge on any atom is -0.329 e. The Morgan fingerprint density at radius 1 is 1.36 bits per heavy atom. The minimum atomic E-state index is -0.173. The molecule has 14 heavy (non-hydrogen) atoms. The number of hydrogen-bond acceptors (Lipinski definition) is 2. The summed E-state index contributed by atoms with van der Waals surface area (Å²) < 4.78 is 13.2. The number of halogens is 1. The maximum atomic E-state index is 13.2. The summed E-state index contributed by atoms with van der Waals surface area (Å²) in [6.07, 6.45) is 0. The Morgan fingerprint density at radius 2 is 2.00 bits per heavy atom. The molecule has 0 spiro atoms. The Bertz CT molecular complexity index is 297. The quantitative estimate of drug-likeness (QED) is 0.768. The van der Waals surface area contributed by atoms with Crippen LogP contribution in [0.4, 0.5) is 4.39 Å². The molecular formula is C11H17FN2. The average molecular weight is 196 g/mol. The largest absolute Gasteiger partial charge is 0.329 e. The monoisotopic (exact) mass is 196 g/mol. The maximum Gasteiger partial charge on any atom is 0.127 e. The number of benzene rings is 1. The number of nitrogens with two attached hydrogens (primary N) is 1. The minimum absolute atomic E-state index is 0.151. The molecular weight excluding hydrogens is 179 g/mol. The molecule has 0 amide bonds. The smallest absolute Gasteiger partial charge is 0.127 e. The summed E-state index contributed by atoms with van der Waals surface area (Å²) in [5, 5.41) is 3.20. The lowest BCUT2D eigenvalue weighted by atomic mass is 10.1. The lowest BCUT2D eigenvalue weighted by Crippen LogP contribution is -2.45. The second-order valence-electron chi connectivity index (χ2n) is 4.03. The molecule has 0 atom stereocenters. The van der Waals surface area contributed by atoms with Gasteiger partial charge in [0.1, 0.15) is 5.82 Å². The molecule has 0 heterocycles. The molecule has 0 aromatic heterocycles. The van der Waals surface area contributed by atoms with E-state index in [1.807, 2.05) is 19.9 Å². The summed E-state index contributed by atoms with van der Waals surface area (Å²) in [5.41, 5.74) is 6.08. The van der Waals surface area contributed by atoms with Crippen LogP contribution in [-0.4, -0.2) is 12.1 Å². The van der Waals surface area contributed by atoms with E-state index >= 15 is 0 Å². The van der Waals surface area contributed by atoms with E-state index in [1.165, 1.54) is 6.07 Å². The first-order chi connectivity index (χ1) is 6.55. The Balaban J connectivity index is 2.58. The molecule has 0 saturated carbocycles. The topological polar surface area (TPSA) is 38.0 Å². The van der Waals surface area contributed by atoms with Gasteiger partial charge in [0.25, 0.3) is 0 Å². The van der Waals surface area contributed by atoms with Crippen molar-refractivity contribution in [1.82, 2.24) is 5.32 Å². The Kier molecular flexibility index (Phi) is 3.61. The number of hydrogen-bond donors (Lipinski definition) is 2. The lowest BCUT2D eigenvalue weighted by molar-refractivity contribution is 0.392. The first-order valence-corrected chi connectivity index (χ1v) is 4.74. The molecule has 0 fully saturated rings. The van der Waals surface area contributed by atoms with Gasteiger partial charge in [-0.05, 0) is 19.9 Å². The van der Waals surface area contributed by atoms with E-state index in [-0.39, 0.29) is 11.4 Å². The fourth-order valence-corrected chi connectivity index (χ4v) is 1.05. The standard InChI is InChI=1S/C11H17FN2/c1-11(2,8-13)14-7-9-5-3-4-6-10(9)12/h3-6,14H,7-8,13H2,1-2H3. The van der Waals surface area contributed by atoms with Crippen molar-refractivity contribution in [3.8, 4) is 0 Å². The molecule has 1 aromatic carbocycles. The maximum absolute atomic E-state index is 13.2. The zero-order valence-corrected chi connectivity index (χ0v) is 8.68. The molecule has 2 nitrogen and oxygen atoms in total. The molecule has 0 aliphatic heterocycles. The SMILES string of the molecule is CC(C)(CN)NCc1ccccc1F. The highest BCUT2D eigenvalue weighted by Gasteiger charge is 2.14. The van der Waals surface area contributed by atoms with Crippen LogP contribution in [0.2, 0.25) is 0 Å². The van der Waals surface area contributed by atoms with Crippen LogP contribution in [0.3, 0.4) is 0 Å². The van der Waals surface area contributed by atoms with Crippen molar-refractivity contribution in [2.45, 2.75) is 25.9 Å². The van der Waals surface area contributed by atoms with Crippen molar-refractivity contribution in [3.63, 3.8) is 0 Å². The molecule has 1 aromatic rings. The molecule has 1 rings (SSSR count). The summed E-state index contributed by atoms with van der Waals surface area (Å²) >= 11 is 0. The molecule has 0 aliphatic rings. The van der Waals surface area contributed by atoms with E-state index in [4.69, 9.17) is 5.73 Å². The highest BCUT2D eigenvalue weighted by atomic mass is 19.1. The molecule has 0 unspecified atom stereocenters. The van der Waals surface area contributed by atoms with Gasteiger partial charge in [0.05, 0.1) is 0 Å². The highest BCUT2D eigenvalue weighted by molar-refractivity contribution is 5.17. The van der Waals surface area contributed by atoms with Crippen molar-refractivity contribution < 1.29 is 4.39 Å².